The first-order chi connectivity index (χ1) is 34.8. The highest BCUT2D eigenvalue weighted by atomic mass is 32.1. The molecule has 0 fully saturated rings. The lowest BCUT2D eigenvalue weighted by atomic mass is 9.33. The van der Waals surface area contributed by atoms with E-state index in [1.165, 1.54) is 152 Å². The predicted octanol–water partition coefficient (Wildman–Crippen LogP) is 17.7. The summed E-state index contributed by atoms with van der Waals surface area (Å²) in [5.74, 6) is 0. The average molecular weight is 988 g/mol. The van der Waals surface area contributed by atoms with Crippen LogP contribution in [0.3, 0.4) is 0 Å². The number of hydrogen-bond donors (Lipinski definition) is 0. The van der Waals surface area contributed by atoms with Gasteiger partial charge in [0.25, 0.3) is 6.71 Å². The van der Waals surface area contributed by atoms with Gasteiger partial charge in [-0.3, -0.25) is 0 Å². The maximum absolute atomic E-state index is 2.70. The molecule has 0 saturated heterocycles. The van der Waals surface area contributed by atoms with E-state index in [4.69, 9.17) is 0 Å². The Labute approximate surface area is 445 Å². The number of anilines is 6. The standard InChI is InChI=1S/C69H74BN3S/c1-41-33-58-62-59(34-41)73(46-24-27-51-53(38-46)69(14,15)32-30-67(51,10)11)63-61(47-25-21-43(65(5,6)7)36-60(47)74-63)70(62)54-40-56-49(48-35-42(64(2,3)4)22-28-55(48)71(56)44-19-17-16-18-20-44)39-57(54)72(58)45-23-26-50-52(37-45)68(12,13)31-29-66(50,8)9/h16-28,33-40H,29-32H2,1-15H3. The van der Waals surface area contributed by atoms with Gasteiger partial charge in [-0.15, -0.1) is 11.3 Å². The summed E-state index contributed by atoms with van der Waals surface area (Å²) < 4.78 is 3.90. The molecule has 0 unspecified atom stereocenters. The summed E-state index contributed by atoms with van der Waals surface area (Å²) in [6, 6.07) is 51.1. The van der Waals surface area contributed by atoms with Crippen LogP contribution in [-0.2, 0) is 32.5 Å². The molecule has 74 heavy (non-hydrogen) atoms. The number of benzene rings is 7. The quantitative estimate of drug-likeness (QED) is 0.163. The number of hydrogen-bond acceptors (Lipinski definition) is 3. The number of aryl methyl sites for hydroxylation is 1. The minimum atomic E-state index is -0.0230. The van der Waals surface area contributed by atoms with E-state index in [0.29, 0.717) is 0 Å². The molecule has 0 radical (unpaired) electrons. The van der Waals surface area contributed by atoms with E-state index in [-0.39, 0.29) is 39.2 Å². The van der Waals surface area contributed by atoms with Crippen LogP contribution < -0.4 is 26.2 Å². The molecule has 0 bridgehead atoms. The summed E-state index contributed by atoms with van der Waals surface area (Å²) in [4.78, 5) is 5.40. The van der Waals surface area contributed by atoms with E-state index >= 15 is 0 Å². The third-order valence-electron chi connectivity index (χ3n) is 18.7. The van der Waals surface area contributed by atoms with Crippen LogP contribution in [0.4, 0.5) is 33.4 Å². The largest absolute Gasteiger partial charge is 0.311 e. The van der Waals surface area contributed by atoms with Crippen molar-refractivity contribution in [2.75, 3.05) is 9.80 Å². The molecule has 5 heteroatoms. The van der Waals surface area contributed by atoms with Gasteiger partial charge >= 0.3 is 0 Å². The van der Waals surface area contributed by atoms with Gasteiger partial charge in [0.05, 0.1) is 16.0 Å². The molecule has 13 rings (SSSR count). The first kappa shape index (κ1) is 47.7. The van der Waals surface area contributed by atoms with Gasteiger partial charge in [0, 0.05) is 49.6 Å². The number of fused-ring (bicyclic) bond motifs is 11. The van der Waals surface area contributed by atoms with E-state index in [9.17, 15) is 0 Å². The minimum Gasteiger partial charge on any atom is -0.311 e. The summed E-state index contributed by atoms with van der Waals surface area (Å²) in [6.45, 7) is 36.1. The van der Waals surface area contributed by atoms with Gasteiger partial charge in [-0.05, 0) is 205 Å². The van der Waals surface area contributed by atoms with Crippen molar-refractivity contribution in [3.8, 4) is 5.69 Å². The molecule has 0 atom stereocenters. The Morgan fingerprint density at radius 2 is 0.973 bits per heavy atom. The normalized spacial score (nSPS) is 18.1. The monoisotopic (exact) mass is 988 g/mol. The van der Waals surface area contributed by atoms with E-state index in [1.54, 1.807) is 0 Å². The second-order valence-electron chi connectivity index (χ2n) is 27.7. The predicted molar refractivity (Wildman–Crippen MR) is 323 cm³/mol. The van der Waals surface area contributed by atoms with Gasteiger partial charge in [-0.2, -0.15) is 0 Å². The van der Waals surface area contributed by atoms with Crippen LogP contribution in [0.15, 0.2) is 127 Å². The van der Waals surface area contributed by atoms with Crippen molar-refractivity contribution in [1.29, 1.82) is 0 Å². The van der Waals surface area contributed by atoms with Crippen molar-refractivity contribution >= 4 is 99.8 Å². The van der Waals surface area contributed by atoms with E-state index < -0.39 is 0 Å². The minimum absolute atomic E-state index is 0.00652. The Morgan fingerprint density at radius 3 is 1.57 bits per heavy atom. The lowest BCUT2D eigenvalue weighted by Gasteiger charge is -2.45. The maximum Gasteiger partial charge on any atom is 0.254 e. The fourth-order valence-corrected chi connectivity index (χ4v) is 15.2. The van der Waals surface area contributed by atoms with Crippen LogP contribution in [0, 0.1) is 6.92 Å². The van der Waals surface area contributed by atoms with Crippen LogP contribution in [-0.4, -0.2) is 11.3 Å². The third kappa shape index (κ3) is 6.96. The number of thiophene rings is 1. The Morgan fingerprint density at radius 1 is 0.446 bits per heavy atom. The molecule has 2 aromatic heterocycles. The van der Waals surface area contributed by atoms with Gasteiger partial charge in [0.1, 0.15) is 0 Å². The van der Waals surface area contributed by atoms with Crippen molar-refractivity contribution in [2.24, 2.45) is 0 Å². The number of rotatable bonds is 3. The molecule has 7 aromatic carbocycles. The molecule has 0 spiro atoms. The van der Waals surface area contributed by atoms with Gasteiger partial charge in [-0.25, -0.2) is 0 Å². The zero-order valence-electron chi connectivity index (χ0n) is 46.8. The molecule has 3 nitrogen and oxygen atoms in total. The van der Waals surface area contributed by atoms with Crippen molar-refractivity contribution in [2.45, 2.75) is 162 Å². The Kier molecular flexibility index (Phi) is 10.0. The summed E-state index contributed by atoms with van der Waals surface area (Å²) in [6.07, 6.45) is 4.72. The van der Waals surface area contributed by atoms with Gasteiger partial charge in [-0.1, -0.05) is 145 Å². The van der Waals surface area contributed by atoms with Crippen LogP contribution in [0.1, 0.15) is 162 Å². The maximum atomic E-state index is 2.70. The number of para-hydroxylation sites is 1. The molecular formula is C69H74BN3S. The summed E-state index contributed by atoms with van der Waals surface area (Å²) in [7, 11) is 0. The molecule has 2 aliphatic heterocycles. The first-order valence-electron chi connectivity index (χ1n) is 27.6. The number of nitrogens with zero attached hydrogens (tertiary/aromatic N) is 3. The summed E-state index contributed by atoms with van der Waals surface area (Å²) in [5, 5.41) is 5.29. The molecule has 0 saturated carbocycles. The van der Waals surface area contributed by atoms with Gasteiger partial charge < -0.3 is 14.4 Å². The zero-order chi connectivity index (χ0) is 52.0. The van der Waals surface area contributed by atoms with Gasteiger partial charge in [0.15, 0.2) is 0 Å². The van der Waals surface area contributed by atoms with E-state index in [2.05, 4.69) is 246 Å². The van der Waals surface area contributed by atoms with Crippen molar-refractivity contribution < 1.29 is 0 Å². The highest BCUT2D eigenvalue weighted by Gasteiger charge is 2.47. The molecule has 9 aromatic rings. The Bertz CT molecular complexity index is 3840. The molecule has 0 N–H and O–H groups in total. The van der Waals surface area contributed by atoms with Crippen molar-refractivity contribution in [3.63, 3.8) is 0 Å². The second-order valence-corrected chi connectivity index (χ2v) is 28.7. The topological polar surface area (TPSA) is 11.4 Å². The molecule has 4 heterocycles. The SMILES string of the molecule is Cc1cc2c3c(c1)N(c1ccc4c(c1)C(C)(C)CCC4(C)C)c1sc4cc(C(C)(C)C)ccc4c1B3c1cc3c(cc1N2c1ccc2c(c1)C(C)(C)CCC2(C)C)c1cc(C(C)(C)C)ccc1n3-c1ccccc1. The number of aromatic nitrogens is 1. The Hall–Kier alpha value is -6.04. The summed E-state index contributed by atoms with van der Waals surface area (Å²) in [5.41, 5.74) is 24.5. The molecule has 0 amide bonds. The molecule has 4 aliphatic rings. The first-order valence-corrected chi connectivity index (χ1v) is 28.4. The van der Waals surface area contributed by atoms with E-state index in [1.807, 2.05) is 11.3 Å². The highest BCUT2D eigenvalue weighted by molar-refractivity contribution is 7.26. The lowest BCUT2D eigenvalue weighted by molar-refractivity contribution is 0.332. The summed E-state index contributed by atoms with van der Waals surface area (Å²) >= 11 is 1.99. The third-order valence-corrected chi connectivity index (χ3v) is 19.8. The highest BCUT2D eigenvalue weighted by Crippen LogP contribution is 2.54. The van der Waals surface area contributed by atoms with Crippen molar-refractivity contribution in [1.82, 2.24) is 4.57 Å². The second kappa shape index (κ2) is 15.5. The van der Waals surface area contributed by atoms with Gasteiger partial charge in [0.2, 0.25) is 0 Å². The fourth-order valence-electron chi connectivity index (χ4n) is 13.9. The lowest BCUT2D eigenvalue weighted by Crippen LogP contribution is -2.61. The zero-order valence-corrected chi connectivity index (χ0v) is 47.6. The average Bonchev–Trinajstić information content (AvgIpc) is 3.88. The fraction of sp³-hybridized carbons (Fsp3) is 0.362. The van der Waals surface area contributed by atoms with Crippen LogP contribution >= 0.6 is 11.3 Å². The molecule has 374 valence electrons. The smallest absolute Gasteiger partial charge is 0.254 e. The molecule has 2 aliphatic carbocycles. The van der Waals surface area contributed by atoms with Crippen molar-refractivity contribution in [3.05, 3.63) is 166 Å². The van der Waals surface area contributed by atoms with E-state index in [0.717, 1.165) is 0 Å². The molecular weight excluding hydrogens is 914 g/mol. The van der Waals surface area contributed by atoms with Crippen LogP contribution in [0.2, 0.25) is 0 Å². The van der Waals surface area contributed by atoms with Crippen LogP contribution in [0.5, 0.6) is 0 Å². The Balaban J connectivity index is 1.18. The van der Waals surface area contributed by atoms with Crippen LogP contribution in [0.25, 0.3) is 37.6 Å².